The van der Waals surface area contributed by atoms with Gasteiger partial charge in [0, 0.05) is 28.9 Å². The number of fused-ring (bicyclic) bond motifs is 1. The molecular formula is C32H29N3O4S. The smallest absolute Gasteiger partial charge is 0.356 e. The Morgan fingerprint density at radius 3 is 2.15 bits per heavy atom. The van der Waals surface area contributed by atoms with Crippen LogP contribution in [0.3, 0.4) is 0 Å². The Morgan fingerprint density at radius 2 is 1.52 bits per heavy atom. The molecule has 0 saturated carbocycles. The molecule has 1 unspecified atom stereocenters. The van der Waals surface area contributed by atoms with Gasteiger partial charge in [-0.2, -0.15) is 0 Å². The van der Waals surface area contributed by atoms with Crippen LogP contribution < -0.4 is 10.9 Å². The molecule has 1 amide bonds. The lowest BCUT2D eigenvalue weighted by Crippen LogP contribution is -2.34. The van der Waals surface area contributed by atoms with E-state index >= 15 is 0 Å². The lowest BCUT2D eigenvalue weighted by molar-refractivity contribution is -0.124. The number of carbonyl (C=O) groups is 2. The van der Waals surface area contributed by atoms with Crippen molar-refractivity contribution < 1.29 is 14.3 Å². The number of nitrogens with one attached hydrogen (secondary N) is 1. The maximum Gasteiger partial charge on any atom is 0.356 e. The summed E-state index contributed by atoms with van der Waals surface area (Å²) in [5, 5.41) is 6.20. The first-order chi connectivity index (χ1) is 19.3. The Balaban J connectivity index is 1.45. The highest BCUT2D eigenvalue weighted by molar-refractivity contribution is 7.14. The highest BCUT2D eigenvalue weighted by Crippen LogP contribution is 2.32. The summed E-state index contributed by atoms with van der Waals surface area (Å²) in [5.41, 5.74) is 5.04. The van der Waals surface area contributed by atoms with Crippen molar-refractivity contribution in [1.29, 1.82) is 0 Å². The summed E-state index contributed by atoms with van der Waals surface area (Å²) in [5.74, 6) is -1.23. The number of esters is 1. The molecule has 40 heavy (non-hydrogen) atoms. The first kappa shape index (κ1) is 27.0. The van der Waals surface area contributed by atoms with Crippen molar-refractivity contribution in [2.45, 2.75) is 33.3 Å². The maximum atomic E-state index is 13.7. The van der Waals surface area contributed by atoms with Crippen molar-refractivity contribution in [2.75, 3.05) is 5.32 Å². The third kappa shape index (κ3) is 5.31. The van der Waals surface area contributed by atoms with Crippen LogP contribution in [0.5, 0.6) is 0 Å². The minimum atomic E-state index is -1.08. The Labute approximate surface area is 236 Å². The predicted octanol–water partition coefficient (Wildman–Crippen LogP) is 6.52. The molecule has 0 spiro atoms. The van der Waals surface area contributed by atoms with Gasteiger partial charge in [0.25, 0.3) is 11.5 Å². The number of aryl methyl sites for hydroxylation is 2. The van der Waals surface area contributed by atoms with Gasteiger partial charge in [0.05, 0.1) is 5.69 Å². The number of nitrogens with zero attached hydrogens (tertiary/aromatic N) is 2. The van der Waals surface area contributed by atoms with Gasteiger partial charge >= 0.3 is 5.97 Å². The molecule has 0 saturated heterocycles. The molecule has 0 aliphatic rings. The van der Waals surface area contributed by atoms with E-state index in [1.807, 2.05) is 79.9 Å². The standard InChI is InChI=1S/C32H29N3O4S/c1-5-26(29(36)34-32-33-25(18-40-32)21-14-10-19(2)11-15-21)39-31(38)28-27(22-16-12-20(3)13-17-22)23-8-6-7-9-24(23)30(37)35(28)4/h6-18,26H,5H2,1-4H3,(H,33,34,36). The van der Waals surface area contributed by atoms with E-state index in [4.69, 9.17) is 4.74 Å². The molecule has 0 aliphatic heterocycles. The first-order valence-electron chi connectivity index (χ1n) is 13.0. The number of ether oxygens (including phenoxy) is 1. The Bertz CT molecular complexity index is 1770. The van der Waals surface area contributed by atoms with E-state index in [0.29, 0.717) is 21.5 Å². The van der Waals surface area contributed by atoms with Gasteiger partial charge < -0.3 is 9.30 Å². The average Bonchev–Trinajstić information content (AvgIpc) is 3.42. The highest BCUT2D eigenvalue weighted by Gasteiger charge is 2.28. The van der Waals surface area contributed by atoms with Crippen molar-refractivity contribution in [3.63, 3.8) is 0 Å². The van der Waals surface area contributed by atoms with Gasteiger partial charge in [0.1, 0.15) is 5.69 Å². The Kier molecular flexibility index (Phi) is 7.62. The summed E-state index contributed by atoms with van der Waals surface area (Å²) in [6.07, 6.45) is -0.832. The minimum Gasteiger partial charge on any atom is -0.448 e. The number of pyridine rings is 1. The molecule has 0 radical (unpaired) electrons. The van der Waals surface area contributed by atoms with Gasteiger partial charge in [-0.05, 0) is 37.3 Å². The second kappa shape index (κ2) is 11.3. The van der Waals surface area contributed by atoms with Crippen molar-refractivity contribution >= 4 is 39.1 Å². The summed E-state index contributed by atoms with van der Waals surface area (Å²) in [4.78, 5) is 44.6. The molecule has 2 aromatic heterocycles. The van der Waals surface area contributed by atoms with Gasteiger partial charge in [0.15, 0.2) is 11.2 Å². The predicted molar refractivity (Wildman–Crippen MR) is 160 cm³/mol. The SMILES string of the molecule is CCC(OC(=O)c1c(-c2ccc(C)cc2)c2ccccc2c(=O)n1C)C(=O)Nc1nc(-c2ccc(C)cc2)cs1. The average molecular weight is 552 g/mol. The fourth-order valence-corrected chi connectivity index (χ4v) is 5.32. The fraction of sp³-hybridized carbons (Fsp3) is 0.188. The molecule has 3 aromatic carbocycles. The molecule has 0 fully saturated rings. The Hall–Kier alpha value is -4.56. The Morgan fingerprint density at radius 1 is 0.925 bits per heavy atom. The van der Waals surface area contributed by atoms with Crippen LogP contribution in [0.1, 0.15) is 35.0 Å². The van der Waals surface area contributed by atoms with Crippen molar-refractivity contribution in [3.8, 4) is 22.4 Å². The zero-order valence-electron chi connectivity index (χ0n) is 22.7. The molecule has 202 valence electrons. The van der Waals surface area contributed by atoms with Gasteiger partial charge in [-0.25, -0.2) is 9.78 Å². The molecule has 1 atom stereocenters. The summed E-state index contributed by atoms with van der Waals surface area (Å²) in [7, 11) is 1.55. The topological polar surface area (TPSA) is 90.3 Å². The van der Waals surface area contributed by atoms with E-state index < -0.39 is 18.0 Å². The number of thiazole rings is 1. The molecule has 2 heterocycles. The first-order valence-corrected chi connectivity index (χ1v) is 13.9. The van der Waals surface area contributed by atoms with E-state index in [9.17, 15) is 14.4 Å². The van der Waals surface area contributed by atoms with Crippen LogP contribution in [0.2, 0.25) is 0 Å². The zero-order chi connectivity index (χ0) is 28.4. The van der Waals surface area contributed by atoms with Crippen LogP contribution in [0.4, 0.5) is 5.13 Å². The van der Waals surface area contributed by atoms with E-state index in [2.05, 4.69) is 10.3 Å². The summed E-state index contributed by atoms with van der Waals surface area (Å²) >= 11 is 1.30. The molecule has 5 rings (SSSR count). The van der Waals surface area contributed by atoms with Crippen molar-refractivity contribution in [3.05, 3.63) is 105 Å². The zero-order valence-corrected chi connectivity index (χ0v) is 23.5. The normalized spacial score (nSPS) is 11.8. The number of amides is 1. The van der Waals surface area contributed by atoms with Gasteiger partial charge in [-0.15, -0.1) is 11.3 Å². The molecule has 1 N–H and O–H groups in total. The summed E-state index contributed by atoms with van der Waals surface area (Å²) in [6, 6.07) is 22.9. The van der Waals surface area contributed by atoms with Crippen molar-refractivity contribution in [2.24, 2.45) is 7.05 Å². The van der Waals surface area contributed by atoms with Crippen LogP contribution >= 0.6 is 11.3 Å². The quantitative estimate of drug-likeness (QED) is 0.233. The molecule has 0 aliphatic carbocycles. The monoisotopic (exact) mass is 551 g/mol. The van der Waals surface area contributed by atoms with E-state index in [-0.39, 0.29) is 17.7 Å². The largest absolute Gasteiger partial charge is 0.448 e. The number of rotatable bonds is 7. The van der Waals surface area contributed by atoms with Crippen molar-refractivity contribution in [1.82, 2.24) is 9.55 Å². The second-order valence-electron chi connectivity index (χ2n) is 9.69. The van der Waals surface area contributed by atoms with Crippen LogP contribution in [0, 0.1) is 13.8 Å². The second-order valence-corrected chi connectivity index (χ2v) is 10.6. The number of carbonyl (C=O) groups excluding carboxylic acids is 2. The molecule has 7 nitrogen and oxygen atoms in total. The van der Waals surface area contributed by atoms with Crippen LogP contribution in [-0.2, 0) is 16.6 Å². The summed E-state index contributed by atoms with van der Waals surface area (Å²) < 4.78 is 7.07. The van der Waals surface area contributed by atoms with Crippen LogP contribution in [0.25, 0.3) is 33.2 Å². The van der Waals surface area contributed by atoms with Gasteiger partial charge in [0.2, 0.25) is 0 Å². The number of hydrogen-bond donors (Lipinski definition) is 1. The van der Waals surface area contributed by atoms with Gasteiger partial charge in [-0.3, -0.25) is 14.9 Å². The van der Waals surface area contributed by atoms with E-state index in [1.165, 1.54) is 15.9 Å². The lowest BCUT2D eigenvalue weighted by Gasteiger charge is -2.20. The number of benzene rings is 3. The molecule has 0 bridgehead atoms. The highest BCUT2D eigenvalue weighted by atomic mass is 32.1. The summed E-state index contributed by atoms with van der Waals surface area (Å²) in [6.45, 7) is 5.76. The maximum absolute atomic E-state index is 13.7. The number of aromatic nitrogens is 2. The van der Waals surface area contributed by atoms with Gasteiger partial charge in [-0.1, -0.05) is 84.8 Å². The number of hydrogen-bond acceptors (Lipinski definition) is 6. The minimum absolute atomic E-state index is 0.0923. The number of anilines is 1. The molecular weight excluding hydrogens is 522 g/mol. The lowest BCUT2D eigenvalue weighted by atomic mass is 9.96. The molecule has 8 heteroatoms. The van der Waals surface area contributed by atoms with E-state index in [1.54, 1.807) is 26.1 Å². The third-order valence-electron chi connectivity index (χ3n) is 6.83. The third-order valence-corrected chi connectivity index (χ3v) is 7.59. The van der Waals surface area contributed by atoms with E-state index in [0.717, 1.165) is 27.9 Å². The molecule has 5 aromatic rings. The van der Waals surface area contributed by atoms with Crippen LogP contribution in [0.15, 0.2) is 83.0 Å². The fourth-order valence-electron chi connectivity index (χ4n) is 4.60. The van der Waals surface area contributed by atoms with Crippen LogP contribution in [-0.4, -0.2) is 27.5 Å².